The van der Waals surface area contributed by atoms with Crippen LogP contribution < -0.4 is 5.73 Å². The van der Waals surface area contributed by atoms with Crippen LogP contribution in [0.25, 0.3) is 10.2 Å². The molecule has 2 aromatic heterocycles. The highest BCUT2D eigenvalue weighted by atomic mass is 32.1. The Balaban J connectivity index is 1.49. The number of carbonyl (C=O) groups excluding carboxylic acids is 1. The van der Waals surface area contributed by atoms with Crippen molar-refractivity contribution in [3.05, 3.63) is 33.3 Å². The van der Waals surface area contributed by atoms with E-state index in [-0.39, 0.29) is 22.9 Å². The maximum atomic E-state index is 12.7. The Kier molecular flexibility index (Phi) is 5.22. The van der Waals surface area contributed by atoms with E-state index in [1.165, 1.54) is 34.5 Å². The first-order chi connectivity index (χ1) is 16.6. The number of aliphatic hydroxyl groups excluding tert-OH is 1. The average Bonchev–Trinajstić information content (AvgIpc) is 3.26. The first-order valence-electron chi connectivity index (χ1n) is 13.4. The van der Waals surface area contributed by atoms with Crippen molar-refractivity contribution in [1.82, 2.24) is 4.98 Å². The number of nitrogen functional groups attached to an aromatic ring is 1. The Bertz CT molecular complexity index is 1260. The molecular formula is C29H38N2O3S. The van der Waals surface area contributed by atoms with Crippen LogP contribution in [0.1, 0.15) is 98.6 Å². The van der Waals surface area contributed by atoms with Crippen LogP contribution in [0.3, 0.4) is 0 Å². The summed E-state index contributed by atoms with van der Waals surface area (Å²) in [6.45, 7) is 11.6. The molecule has 2 saturated carbocycles. The molecule has 0 radical (unpaired) electrons. The number of rotatable bonds is 2. The van der Waals surface area contributed by atoms with E-state index < -0.39 is 0 Å². The lowest BCUT2D eigenvalue weighted by Gasteiger charge is -2.58. The highest BCUT2D eigenvalue weighted by molar-refractivity contribution is 7.21. The topological polar surface area (TPSA) is 85.4 Å². The molecule has 7 unspecified atom stereocenters. The molecule has 4 aliphatic rings. The number of hydrogen-bond donors (Lipinski definition) is 2. The van der Waals surface area contributed by atoms with Crippen molar-refractivity contribution >= 4 is 33.2 Å². The van der Waals surface area contributed by atoms with Gasteiger partial charge in [-0.2, -0.15) is 0 Å². The third-order valence-corrected chi connectivity index (χ3v) is 11.5. The van der Waals surface area contributed by atoms with Gasteiger partial charge in [0.25, 0.3) is 0 Å². The van der Waals surface area contributed by atoms with Crippen LogP contribution in [0.5, 0.6) is 0 Å². The molecule has 35 heavy (non-hydrogen) atoms. The molecule has 0 bridgehead atoms. The van der Waals surface area contributed by atoms with E-state index in [1.807, 2.05) is 6.92 Å². The van der Waals surface area contributed by atoms with Gasteiger partial charge in [0.15, 0.2) is 0 Å². The van der Waals surface area contributed by atoms with Crippen LogP contribution in [0, 0.1) is 30.1 Å². The van der Waals surface area contributed by atoms with E-state index in [0.29, 0.717) is 40.8 Å². The summed E-state index contributed by atoms with van der Waals surface area (Å²) in [5.74, 6) is 1.80. The van der Waals surface area contributed by atoms with Gasteiger partial charge in [0.1, 0.15) is 9.71 Å². The second-order valence-corrected chi connectivity index (χ2v) is 13.1. The summed E-state index contributed by atoms with van der Waals surface area (Å²) in [5, 5.41) is 11.3. The minimum Gasteiger partial charge on any atom is -0.462 e. The van der Waals surface area contributed by atoms with Crippen molar-refractivity contribution in [2.75, 3.05) is 12.3 Å². The number of carbonyl (C=O) groups is 1. The van der Waals surface area contributed by atoms with E-state index in [4.69, 9.17) is 15.5 Å². The number of ether oxygens (including phenoxy) is 1. The smallest absolute Gasteiger partial charge is 0.350 e. The van der Waals surface area contributed by atoms with Gasteiger partial charge in [-0.15, -0.1) is 11.3 Å². The average molecular weight is 495 g/mol. The number of hydrogen-bond acceptors (Lipinski definition) is 6. The molecule has 7 atom stereocenters. The van der Waals surface area contributed by atoms with Crippen molar-refractivity contribution in [1.29, 1.82) is 0 Å². The number of anilines is 1. The molecule has 6 rings (SSSR count). The van der Waals surface area contributed by atoms with Crippen LogP contribution in [-0.4, -0.2) is 28.8 Å². The summed E-state index contributed by atoms with van der Waals surface area (Å²) in [7, 11) is 0. The monoisotopic (exact) mass is 494 g/mol. The molecule has 2 heterocycles. The Labute approximate surface area is 212 Å². The quantitative estimate of drug-likeness (QED) is 0.380. The van der Waals surface area contributed by atoms with Gasteiger partial charge < -0.3 is 15.6 Å². The molecule has 0 saturated heterocycles. The summed E-state index contributed by atoms with van der Waals surface area (Å²) in [6.07, 6.45) is 8.66. The number of thiophene rings is 1. The van der Waals surface area contributed by atoms with Gasteiger partial charge in [-0.05, 0) is 98.0 Å². The Morgan fingerprint density at radius 1 is 1.29 bits per heavy atom. The summed E-state index contributed by atoms with van der Waals surface area (Å²) < 4.78 is 5.31. The zero-order valence-electron chi connectivity index (χ0n) is 21.6. The molecule has 0 aromatic carbocycles. The third kappa shape index (κ3) is 3.02. The molecule has 0 aliphatic heterocycles. The molecule has 4 aliphatic carbocycles. The summed E-state index contributed by atoms with van der Waals surface area (Å²) in [4.78, 5) is 19.0. The minimum absolute atomic E-state index is 0.0650. The Morgan fingerprint density at radius 3 is 2.77 bits per heavy atom. The highest BCUT2D eigenvalue weighted by Gasteiger charge is 2.60. The van der Waals surface area contributed by atoms with Gasteiger partial charge in [0.05, 0.1) is 18.4 Å². The van der Waals surface area contributed by atoms with E-state index in [2.05, 4.69) is 33.8 Å². The number of aromatic nitrogens is 1. The fourth-order valence-electron chi connectivity index (χ4n) is 9.11. The zero-order valence-corrected chi connectivity index (χ0v) is 22.4. The maximum absolute atomic E-state index is 12.7. The predicted octanol–water partition coefficient (Wildman–Crippen LogP) is 6.26. The van der Waals surface area contributed by atoms with Gasteiger partial charge in [0.2, 0.25) is 0 Å². The normalized spacial score (nSPS) is 37.8. The lowest BCUT2D eigenvalue weighted by molar-refractivity contribution is -0.0227. The number of aliphatic hydroxyl groups is 1. The fraction of sp³-hybridized carbons (Fsp3) is 0.655. The van der Waals surface area contributed by atoms with Gasteiger partial charge in [-0.3, -0.25) is 0 Å². The first-order valence-corrected chi connectivity index (χ1v) is 14.2. The number of aryl methyl sites for hydroxylation is 1. The molecule has 5 nitrogen and oxygen atoms in total. The molecule has 0 amide bonds. The highest BCUT2D eigenvalue weighted by Crippen LogP contribution is 2.68. The molecule has 188 valence electrons. The van der Waals surface area contributed by atoms with E-state index in [9.17, 15) is 9.90 Å². The second kappa shape index (κ2) is 7.79. The largest absolute Gasteiger partial charge is 0.462 e. The molecule has 3 N–H and O–H groups in total. The molecular weight excluding hydrogens is 456 g/mol. The van der Waals surface area contributed by atoms with Crippen LogP contribution in [0.15, 0.2) is 11.6 Å². The maximum Gasteiger partial charge on any atom is 0.350 e. The van der Waals surface area contributed by atoms with E-state index in [1.54, 1.807) is 0 Å². The third-order valence-electron chi connectivity index (χ3n) is 10.5. The molecule has 2 fully saturated rings. The van der Waals surface area contributed by atoms with Crippen LogP contribution >= 0.6 is 11.3 Å². The number of allylic oxidation sites excluding steroid dienone is 1. The Hall–Kier alpha value is -1.92. The predicted molar refractivity (Wildman–Crippen MR) is 141 cm³/mol. The molecule has 2 aromatic rings. The van der Waals surface area contributed by atoms with Crippen molar-refractivity contribution in [2.45, 2.75) is 90.6 Å². The second-order valence-electron chi connectivity index (χ2n) is 12.1. The van der Waals surface area contributed by atoms with Crippen LogP contribution in [0.2, 0.25) is 0 Å². The van der Waals surface area contributed by atoms with Gasteiger partial charge in [-0.25, -0.2) is 9.78 Å². The minimum atomic E-state index is -0.342. The SMILES string of the molecule is CCOC(=O)c1sc2nc(C)c3c(c2c1N)C(C)C1C2CC=C4CC(O)CCC4(C)C2CCC31C. The van der Waals surface area contributed by atoms with Crippen molar-refractivity contribution in [3.8, 4) is 0 Å². The fourth-order valence-corrected chi connectivity index (χ4v) is 10.2. The van der Waals surface area contributed by atoms with Gasteiger partial charge in [0, 0.05) is 11.1 Å². The molecule has 6 heteroatoms. The Morgan fingerprint density at radius 2 is 2.03 bits per heavy atom. The van der Waals surface area contributed by atoms with Crippen LogP contribution in [-0.2, 0) is 10.2 Å². The molecule has 0 spiro atoms. The standard InChI is InChI=1S/C29H38N2O3S/c1-6-34-27(33)25-24(30)21-20-14(2)22-18-8-7-16-13-17(32)9-11-28(16,4)19(18)10-12-29(22,5)23(20)15(3)31-26(21)35-25/h7,14,17-19,22,32H,6,8-13,30H2,1-5H3. The summed E-state index contributed by atoms with van der Waals surface area (Å²) in [5.41, 5.74) is 12.8. The van der Waals surface area contributed by atoms with Crippen molar-refractivity contribution in [2.24, 2.45) is 23.2 Å². The number of esters is 1. The number of nitrogens with zero attached hydrogens (tertiary/aromatic N) is 1. The van der Waals surface area contributed by atoms with Gasteiger partial charge in [-0.1, -0.05) is 32.4 Å². The lowest BCUT2D eigenvalue weighted by Crippen LogP contribution is -2.51. The van der Waals surface area contributed by atoms with Crippen LogP contribution in [0.4, 0.5) is 5.69 Å². The summed E-state index contributed by atoms with van der Waals surface area (Å²) >= 11 is 1.38. The number of nitrogens with two attached hydrogens (primary N) is 1. The van der Waals surface area contributed by atoms with E-state index in [0.717, 1.165) is 48.0 Å². The van der Waals surface area contributed by atoms with E-state index >= 15 is 0 Å². The van der Waals surface area contributed by atoms with Gasteiger partial charge >= 0.3 is 5.97 Å². The van der Waals surface area contributed by atoms with Crippen molar-refractivity contribution < 1.29 is 14.6 Å². The summed E-state index contributed by atoms with van der Waals surface area (Å²) in [6, 6.07) is 0. The lowest BCUT2D eigenvalue weighted by atomic mass is 9.47. The number of pyridine rings is 1. The number of fused-ring (bicyclic) bond motifs is 9. The van der Waals surface area contributed by atoms with Crippen molar-refractivity contribution in [3.63, 3.8) is 0 Å². The zero-order chi connectivity index (χ0) is 24.9. The first kappa shape index (κ1) is 23.5.